The maximum absolute atomic E-state index is 11.9. The zero-order valence-electron chi connectivity index (χ0n) is 7.30. The molecule has 1 aromatic rings. The Bertz CT molecular complexity index is 421. The number of aromatic nitrogens is 1. The molecule has 72 valence electrons. The van der Waals surface area contributed by atoms with E-state index in [2.05, 4.69) is 10.1 Å². The highest BCUT2D eigenvalue weighted by molar-refractivity contribution is 7.13. The van der Waals surface area contributed by atoms with E-state index in [9.17, 15) is 4.79 Å². The molecule has 2 heterocycles. The molecule has 1 fully saturated rings. The lowest BCUT2D eigenvalue weighted by molar-refractivity contribution is -0.120. The van der Waals surface area contributed by atoms with Gasteiger partial charge in [0.15, 0.2) is 0 Å². The highest BCUT2D eigenvalue weighted by Crippen LogP contribution is 2.51. The highest BCUT2D eigenvalue weighted by atomic mass is 32.1. The number of anilines is 1. The van der Waals surface area contributed by atoms with E-state index >= 15 is 0 Å². The SMILES string of the molecule is NC1=NN(c2nccs2)C(=O)C12CC2. The van der Waals surface area contributed by atoms with Crippen molar-refractivity contribution in [2.45, 2.75) is 12.8 Å². The Morgan fingerprint density at radius 3 is 2.86 bits per heavy atom. The zero-order chi connectivity index (χ0) is 9.76. The first-order valence-electron chi connectivity index (χ1n) is 4.33. The first kappa shape index (κ1) is 7.93. The van der Waals surface area contributed by atoms with Gasteiger partial charge in [-0.1, -0.05) is 0 Å². The first-order valence-corrected chi connectivity index (χ1v) is 5.21. The Morgan fingerprint density at radius 1 is 1.57 bits per heavy atom. The highest BCUT2D eigenvalue weighted by Gasteiger charge is 2.60. The van der Waals surface area contributed by atoms with Crippen molar-refractivity contribution in [2.75, 3.05) is 5.01 Å². The monoisotopic (exact) mass is 208 g/mol. The number of hydrazone groups is 1. The van der Waals surface area contributed by atoms with Crippen molar-refractivity contribution in [2.24, 2.45) is 16.3 Å². The molecule has 1 saturated carbocycles. The van der Waals surface area contributed by atoms with Crippen LogP contribution in [0.1, 0.15) is 12.8 Å². The number of amides is 1. The number of carbonyl (C=O) groups excluding carboxylic acids is 1. The lowest BCUT2D eigenvalue weighted by atomic mass is 10.1. The quantitative estimate of drug-likeness (QED) is 0.732. The van der Waals surface area contributed by atoms with Gasteiger partial charge in [0.1, 0.15) is 11.3 Å². The number of hydrogen-bond donors (Lipinski definition) is 1. The van der Waals surface area contributed by atoms with Gasteiger partial charge in [-0.3, -0.25) is 4.79 Å². The molecule has 1 amide bonds. The molecule has 1 aromatic heterocycles. The van der Waals surface area contributed by atoms with Crippen molar-refractivity contribution in [1.29, 1.82) is 0 Å². The van der Waals surface area contributed by atoms with Gasteiger partial charge in [0, 0.05) is 11.6 Å². The standard InChI is InChI=1S/C8H8N4OS/c9-5-8(1-2-8)6(13)12(11-5)7-10-3-4-14-7/h3-4H,1-2H2,(H2,9,11). The molecule has 0 radical (unpaired) electrons. The van der Waals surface area contributed by atoms with Crippen molar-refractivity contribution in [3.63, 3.8) is 0 Å². The minimum atomic E-state index is -0.467. The Hall–Kier alpha value is -1.43. The lowest BCUT2D eigenvalue weighted by Gasteiger charge is -2.08. The van der Waals surface area contributed by atoms with Crippen molar-refractivity contribution < 1.29 is 4.79 Å². The van der Waals surface area contributed by atoms with Crippen LogP contribution >= 0.6 is 11.3 Å². The van der Waals surface area contributed by atoms with Gasteiger partial charge in [0.2, 0.25) is 5.13 Å². The summed E-state index contributed by atoms with van der Waals surface area (Å²) < 4.78 is 0. The number of carbonyl (C=O) groups is 1. The van der Waals surface area contributed by atoms with Crippen molar-refractivity contribution >= 4 is 28.2 Å². The van der Waals surface area contributed by atoms with E-state index in [-0.39, 0.29) is 5.91 Å². The van der Waals surface area contributed by atoms with E-state index < -0.39 is 5.41 Å². The van der Waals surface area contributed by atoms with Crippen LogP contribution in [0.3, 0.4) is 0 Å². The topological polar surface area (TPSA) is 71.6 Å². The molecule has 1 aliphatic heterocycles. The maximum Gasteiger partial charge on any atom is 0.263 e. The van der Waals surface area contributed by atoms with E-state index in [1.54, 1.807) is 6.20 Å². The van der Waals surface area contributed by atoms with E-state index in [0.29, 0.717) is 11.0 Å². The largest absolute Gasteiger partial charge is 0.385 e. The summed E-state index contributed by atoms with van der Waals surface area (Å²) in [5.74, 6) is 0.419. The summed E-state index contributed by atoms with van der Waals surface area (Å²) in [7, 11) is 0. The minimum Gasteiger partial charge on any atom is -0.385 e. The molecular formula is C8H8N4OS. The lowest BCUT2D eigenvalue weighted by Crippen LogP contribution is -2.31. The van der Waals surface area contributed by atoms with Crippen LogP contribution in [0, 0.1) is 5.41 Å². The number of thiazole rings is 1. The molecule has 6 heteroatoms. The molecule has 3 rings (SSSR count). The van der Waals surface area contributed by atoms with E-state index in [1.807, 2.05) is 5.38 Å². The summed E-state index contributed by atoms with van der Waals surface area (Å²) in [6, 6.07) is 0. The van der Waals surface area contributed by atoms with Gasteiger partial charge in [-0.15, -0.1) is 16.4 Å². The third-order valence-corrected chi connectivity index (χ3v) is 3.40. The average molecular weight is 208 g/mol. The van der Waals surface area contributed by atoms with Crippen LogP contribution in [0.4, 0.5) is 5.13 Å². The van der Waals surface area contributed by atoms with Gasteiger partial charge in [0.25, 0.3) is 5.91 Å². The van der Waals surface area contributed by atoms with Crippen LogP contribution in [0.2, 0.25) is 0 Å². The number of nitrogens with two attached hydrogens (primary N) is 1. The predicted octanol–water partition coefficient (Wildman–Crippen LogP) is 0.542. The second-order valence-electron chi connectivity index (χ2n) is 3.50. The minimum absolute atomic E-state index is 0.0232. The number of hydrogen-bond acceptors (Lipinski definition) is 5. The number of amidine groups is 1. The molecule has 5 nitrogen and oxygen atoms in total. The summed E-state index contributed by atoms with van der Waals surface area (Å²) in [5.41, 5.74) is 5.26. The molecule has 0 bridgehead atoms. The van der Waals surface area contributed by atoms with Gasteiger partial charge < -0.3 is 5.73 Å². The Kier molecular flexibility index (Phi) is 1.32. The summed E-state index contributed by atoms with van der Waals surface area (Å²) in [6.07, 6.45) is 3.29. The third kappa shape index (κ3) is 0.810. The van der Waals surface area contributed by atoms with E-state index in [0.717, 1.165) is 12.8 Å². The average Bonchev–Trinajstić information content (AvgIpc) is 2.75. The van der Waals surface area contributed by atoms with Crippen LogP contribution in [0.15, 0.2) is 16.7 Å². The molecule has 1 spiro atoms. The van der Waals surface area contributed by atoms with Crippen LogP contribution < -0.4 is 10.7 Å². The molecule has 14 heavy (non-hydrogen) atoms. The Labute approximate surface area is 84.2 Å². The summed E-state index contributed by atoms with van der Waals surface area (Å²) in [6.45, 7) is 0. The van der Waals surface area contributed by atoms with Gasteiger partial charge in [-0.05, 0) is 12.8 Å². The molecule has 2 N–H and O–H groups in total. The molecule has 1 aliphatic carbocycles. The molecule has 0 aromatic carbocycles. The van der Waals surface area contributed by atoms with Crippen molar-refractivity contribution in [3.8, 4) is 0 Å². The summed E-state index contributed by atoms with van der Waals surface area (Å²) in [5, 5.41) is 7.79. The molecule has 0 unspecified atom stereocenters. The van der Waals surface area contributed by atoms with Crippen molar-refractivity contribution in [1.82, 2.24) is 4.98 Å². The van der Waals surface area contributed by atoms with Crippen molar-refractivity contribution in [3.05, 3.63) is 11.6 Å². The predicted molar refractivity (Wildman–Crippen MR) is 52.9 cm³/mol. The first-order chi connectivity index (χ1) is 6.74. The van der Waals surface area contributed by atoms with Crippen LogP contribution in [0.25, 0.3) is 0 Å². The third-order valence-electron chi connectivity index (χ3n) is 2.65. The second kappa shape index (κ2) is 2.33. The Morgan fingerprint density at radius 2 is 2.36 bits per heavy atom. The van der Waals surface area contributed by atoms with Crippen LogP contribution in [-0.4, -0.2) is 16.7 Å². The van der Waals surface area contributed by atoms with Gasteiger partial charge in [-0.25, -0.2) is 4.98 Å². The smallest absolute Gasteiger partial charge is 0.263 e. The van der Waals surface area contributed by atoms with Gasteiger partial charge >= 0.3 is 0 Å². The van der Waals surface area contributed by atoms with E-state index in [1.165, 1.54) is 16.3 Å². The van der Waals surface area contributed by atoms with Gasteiger partial charge in [0.05, 0.1) is 0 Å². The molecule has 0 saturated heterocycles. The molecule has 2 aliphatic rings. The zero-order valence-corrected chi connectivity index (χ0v) is 8.12. The van der Waals surface area contributed by atoms with Crippen LogP contribution in [-0.2, 0) is 4.79 Å². The number of nitrogens with zero attached hydrogens (tertiary/aromatic N) is 3. The van der Waals surface area contributed by atoms with E-state index in [4.69, 9.17) is 5.73 Å². The normalized spacial score (nSPS) is 23.0. The fourth-order valence-corrected chi connectivity index (χ4v) is 2.20. The summed E-state index contributed by atoms with van der Waals surface area (Å²) in [4.78, 5) is 15.9. The second-order valence-corrected chi connectivity index (χ2v) is 4.37. The van der Waals surface area contributed by atoms with Gasteiger partial charge in [-0.2, -0.15) is 5.01 Å². The Balaban J connectivity index is 2.01. The molecular weight excluding hydrogens is 200 g/mol. The number of rotatable bonds is 1. The summed E-state index contributed by atoms with van der Waals surface area (Å²) >= 11 is 1.39. The fourth-order valence-electron chi connectivity index (χ4n) is 1.61. The maximum atomic E-state index is 11.9. The van der Waals surface area contributed by atoms with Crippen LogP contribution in [0.5, 0.6) is 0 Å². The molecule has 0 atom stereocenters. The fraction of sp³-hybridized carbons (Fsp3) is 0.375.